The van der Waals surface area contributed by atoms with Gasteiger partial charge >= 0.3 is 13.1 Å². The number of carbonyl (C=O) groups is 1. The molecule has 3 fully saturated rings. The van der Waals surface area contributed by atoms with Gasteiger partial charge in [0.15, 0.2) is 0 Å². The third kappa shape index (κ3) is 4.21. The van der Waals surface area contributed by atoms with Crippen molar-refractivity contribution in [2.24, 2.45) is 17.6 Å². The summed E-state index contributed by atoms with van der Waals surface area (Å²) in [5.74, 6) is -0.631. The highest BCUT2D eigenvalue weighted by molar-refractivity contribution is 6.40. The van der Waals surface area contributed by atoms with E-state index in [9.17, 15) is 9.90 Å². The zero-order chi connectivity index (χ0) is 18.0. The number of hydrogen-bond acceptors (Lipinski definition) is 5. The van der Waals surface area contributed by atoms with Gasteiger partial charge in [0.25, 0.3) is 0 Å². The summed E-state index contributed by atoms with van der Waals surface area (Å²) in [6.07, 6.45) is 10.7. The molecule has 142 valence electrons. The van der Waals surface area contributed by atoms with E-state index in [1.165, 1.54) is 38.5 Å². The van der Waals surface area contributed by atoms with Gasteiger partial charge in [0.2, 0.25) is 0 Å². The van der Waals surface area contributed by atoms with Crippen LogP contribution in [0.4, 0.5) is 0 Å². The highest BCUT2D eigenvalue weighted by Gasteiger charge is 2.50. The Morgan fingerprint density at radius 3 is 2.20 bits per heavy atom. The maximum absolute atomic E-state index is 11.8. The summed E-state index contributed by atoms with van der Waals surface area (Å²) in [5, 5.41) is 27.8. The summed E-state index contributed by atoms with van der Waals surface area (Å²) in [7, 11) is -1.32. The van der Waals surface area contributed by atoms with E-state index in [4.69, 9.17) is 15.8 Å². The molecule has 0 aromatic carbocycles. The number of aliphatic carboxylic acids is 1. The first kappa shape index (κ1) is 19.1. The van der Waals surface area contributed by atoms with Crippen molar-refractivity contribution < 1.29 is 19.9 Å². The molecule has 0 aliphatic heterocycles. The van der Waals surface area contributed by atoms with Crippen LogP contribution in [-0.4, -0.2) is 57.3 Å². The summed E-state index contributed by atoms with van der Waals surface area (Å²) in [6.45, 7) is 0.987. The second-order valence-corrected chi connectivity index (χ2v) is 8.63. The number of nitrogens with zero attached hydrogens (tertiary/aromatic N) is 1. The third-order valence-electron chi connectivity index (χ3n) is 6.94. The topological polar surface area (TPSA) is 107 Å². The standard InChI is InChI=1S/C18H33BN2O4/c20-18(17(22)23)11-13(10-14(18)4-3-9-19(24)25)12-21(15-5-1-6-15)16-7-2-8-16/h13-16,24-25H,1-12,20H2,(H,22,23)/t13-,14-,18-/m0/s1. The Morgan fingerprint density at radius 1 is 1.16 bits per heavy atom. The fourth-order valence-electron chi connectivity index (χ4n) is 4.99. The minimum Gasteiger partial charge on any atom is -0.480 e. The van der Waals surface area contributed by atoms with Crippen molar-refractivity contribution in [2.75, 3.05) is 6.54 Å². The van der Waals surface area contributed by atoms with Gasteiger partial charge in [0.1, 0.15) is 5.54 Å². The second-order valence-electron chi connectivity index (χ2n) is 8.63. The Hall–Kier alpha value is -0.625. The molecule has 3 aliphatic rings. The Morgan fingerprint density at radius 2 is 1.76 bits per heavy atom. The van der Waals surface area contributed by atoms with Crippen molar-refractivity contribution in [1.29, 1.82) is 0 Å². The predicted octanol–water partition coefficient (Wildman–Crippen LogP) is 1.45. The molecule has 5 N–H and O–H groups in total. The van der Waals surface area contributed by atoms with Crippen molar-refractivity contribution in [3.63, 3.8) is 0 Å². The number of hydrogen-bond donors (Lipinski definition) is 4. The van der Waals surface area contributed by atoms with E-state index in [0.29, 0.717) is 37.3 Å². The molecule has 0 heterocycles. The largest absolute Gasteiger partial charge is 0.480 e. The van der Waals surface area contributed by atoms with Crippen molar-refractivity contribution in [3.05, 3.63) is 0 Å². The molecule has 25 heavy (non-hydrogen) atoms. The van der Waals surface area contributed by atoms with E-state index in [2.05, 4.69) is 4.90 Å². The lowest BCUT2D eigenvalue weighted by Gasteiger charge is -2.47. The molecule has 0 aromatic rings. The Labute approximate surface area is 150 Å². The summed E-state index contributed by atoms with van der Waals surface area (Å²) in [6, 6.07) is 1.40. The molecule has 3 atom stereocenters. The molecule has 0 bridgehead atoms. The predicted molar refractivity (Wildman–Crippen MR) is 97.0 cm³/mol. The zero-order valence-corrected chi connectivity index (χ0v) is 15.1. The van der Waals surface area contributed by atoms with Crippen LogP contribution in [0.3, 0.4) is 0 Å². The molecule has 3 aliphatic carbocycles. The number of carboxylic acid groups (broad SMARTS) is 1. The molecule has 7 heteroatoms. The van der Waals surface area contributed by atoms with E-state index in [-0.39, 0.29) is 12.2 Å². The Balaban J connectivity index is 1.60. The lowest BCUT2D eigenvalue weighted by Crippen LogP contribution is -2.52. The van der Waals surface area contributed by atoms with E-state index in [0.717, 1.165) is 13.0 Å². The van der Waals surface area contributed by atoms with E-state index < -0.39 is 18.6 Å². The van der Waals surface area contributed by atoms with Crippen LogP contribution in [0.5, 0.6) is 0 Å². The van der Waals surface area contributed by atoms with Gasteiger partial charge in [-0.25, -0.2) is 0 Å². The fraction of sp³-hybridized carbons (Fsp3) is 0.944. The quantitative estimate of drug-likeness (QED) is 0.468. The first-order valence-electron chi connectivity index (χ1n) is 10.0. The lowest BCUT2D eigenvalue weighted by atomic mass is 9.78. The van der Waals surface area contributed by atoms with Gasteiger partial charge in [-0.2, -0.15) is 0 Å². The van der Waals surface area contributed by atoms with Crippen LogP contribution < -0.4 is 5.73 Å². The molecule has 3 saturated carbocycles. The maximum atomic E-state index is 11.8. The molecular weight excluding hydrogens is 319 g/mol. The first-order valence-corrected chi connectivity index (χ1v) is 10.0. The van der Waals surface area contributed by atoms with Gasteiger partial charge in [-0.15, -0.1) is 0 Å². The molecule has 0 spiro atoms. The van der Waals surface area contributed by atoms with E-state index in [1.807, 2.05) is 0 Å². The minimum atomic E-state index is -1.32. The average molecular weight is 352 g/mol. The maximum Gasteiger partial charge on any atom is 0.451 e. The Bertz CT molecular complexity index is 456. The number of carboxylic acids is 1. The number of nitrogens with two attached hydrogens (primary N) is 1. The first-order chi connectivity index (χ1) is 11.9. The van der Waals surface area contributed by atoms with Crippen LogP contribution in [0.2, 0.25) is 6.32 Å². The van der Waals surface area contributed by atoms with Gasteiger partial charge in [0, 0.05) is 18.6 Å². The van der Waals surface area contributed by atoms with Gasteiger partial charge in [-0.3, -0.25) is 9.69 Å². The SMILES string of the molecule is N[C@@]1(C(=O)O)C[C@@H](CN(C2CCC2)C2CCC2)C[C@@H]1CCCB(O)O. The van der Waals surface area contributed by atoms with Gasteiger partial charge < -0.3 is 20.9 Å². The van der Waals surface area contributed by atoms with Crippen LogP contribution in [-0.2, 0) is 4.79 Å². The normalized spacial score (nSPS) is 33.3. The van der Waals surface area contributed by atoms with Gasteiger partial charge in [-0.1, -0.05) is 19.3 Å². The van der Waals surface area contributed by atoms with Crippen molar-refractivity contribution >= 4 is 13.1 Å². The van der Waals surface area contributed by atoms with Crippen molar-refractivity contribution in [2.45, 2.75) is 88.2 Å². The fourth-order valence-corrected chi connectivity index (χ4v) is 4.99. The summed E-state index contributed by atoms with van der Waals surface area (Å²) in [4.78, 5) is 14.5. The second kappa shape index (κ2) is 7.95. The Kier molecular flexibility index (Phi) is 6.09. The van der Waals surface area contributed by atoms with Crippen LogP contribution in [0, 0.1) is 11.8 Å². The van der Waals surface area contributed by atoms with Gasteiger partial charge in [0.05, 0.1) is 0 Å². The van der Waals surface area contributed by atoms with Crippen LogP contribution in [0.15, 0.2) is 0 Å². The minimum absolute atomic E-state index is 0.0709. The third-order valence-corrected chi connectivity index (χ3v) is 6.94. The molecule has 0 aromatic heterocycles. The molecular formula is C18H33BN2O4. The summed E-state index contributed by atoms with van der Waals surface area (Å²) in [5.41, 5.74) is 5.17. The average Bonchev–Trinajstić information content (AvgIpc) is 2.72. The van der Waals surface area contributed by atoms with E-state index in [1.54, 1.807) is 0 Å². The summed E-state index contributed by atoms with van der Waals surface area (Å²) < 4.78 is 0. The molecule has 0 saturated heterocycles. The monoisotopic (exact) mass is 352 g/mol. The van der Waals surface area contributed by atoms with Crippen LogP contribution in [0.1, 0.15) is 64.2 Å². The molecule has 3 rings (SSSR count). The lowest BCUT2D eigenvalue weighted by molar-refractivity contribution is -0.145. The van der Waals surface area contributed by atoms with Crippen LogP contribution >= 0.6 is 0 Å². The van der Waals surface area contributed by atoms with Crippen LogP contribution in [0.25, 0.3) is 0 Å². The molecule has 0 amide bonds. The van der Waals surface area contributed by atoms with Gasteiger partial charge in [-0.05, 0) is 63.1 Å². The molecule has 0 radical (unpaired) electrons. The summed E-state index contributed by atoms with van der Waals surface area (Å²) >= 11 is 0. The smallest absolute Gasteiger partial charge is 0.451 e. The number of rotatable bonds is 9. The van der Waals surface area contributed by atoms with Crippen molar-refractivity contribution in [3.8, 4) is 0 Å². The highest BCUT2D eigenvalue weighted by Crippen LogP contribution is 2.43. The zero-order valence-electron chi connectivity index (χ0n) is 15.1. The molecule has 6 nitrogen and oxygen atoms in total. The highest BCUT2D eigenvalue weighted by atomic mass is 16.4. The van der Waals surface area contributed by atoms with Crippen molar-refractivity contribution in [1.82, 2.24) is 4.90 Å². The van der Waals surface area contributed by atoms with E-state index >= 15 is 0 Å². The molecule has 0 unspecified atom stereocenters.